The van der Waals surface area contributed by atoms with Gasteiger partial charge in [-0.05, 0) is 11.5 Å². The minimum Gasteiger partial charge on any atom is -0.518 e. The molecule has 3 heteroatoms. The fourth-order valence-corrected chi connectivity index (χ4v) is 1.44. The van der Waals surface area contributed by atoms with Gasteiger partial charge in [-0.15, -0.1) is 0 Å². The standard InChI is InChI=1S/C13H17O2.Li/c1-4-11(2)13(15-10-14-3)12-8-6-5-7-9-12;/h1,4-9,11,13H,10H2,2-3H3;/q-1;+1/t11-,13+;/m0./s1. The molecule has 16 heavy (non-hydrogen) atoms. The zero-order chi connectivity index (χ0) is 11.1. The van der Waals surface area contributed by atoms with Gasteiger partial charge in [-0.3, -0.25) is 6.08 Å². The zero-order valence-electron chi connectivity index (χ0n) is 10.2. The third-order valence-corrected chi connectivity index (χ3v) is 2.27. The number of ether oxygens (including phenoxy) is 2. The van der Waals surface area contributed by atoms with Crippen molar-refractivity contribution in [1.29, 1.82) is 0 Å². The minimum atomic E-state index is -0.0452. The van der Waals surface area contributed by atoms with Crippen molar-refractivity contribution in [2.75, 3.05) is 13.9 Å². The summed E-state index contributed by atoms with van der Waals surface area (Å²) in [6.45, 7) is 7.83. The first kappa shape index (κ1) is 15.5. The van der Waals surface area contributed by atoms with Crippen LogP contribution >= 0.6 is 0 Å². The average molecular weight is 212 g/mol. The fourth-order valence-electron chi connectivity index (χ4n) is 1.44. The Labute approximate surface area is 110 Å². The molecule has 2 atom stereocenters. The van der Waals surface area contributed by atoms with E-state index in [1.165, 1.54) is 0 Å². The number of hydrogen-bond donors (Lipinski definition) is 0. The summed E-state index contributed by atoms with van der Waals surface area (Å²) in [6.07, 6.45) is 1.60. The van der Waals surface area contributed by atoms with Gasteiger partial charge in [-0.2, -0.15) is 0 Å². The zero-order valence-corrected chi connectivity index (χ0v) is 10.2. The summed E-state index contributed by atoms with van der Waals surface area (Å²) < 4.78 is 10.5. The largest absolute Gasteiger partial charge is 1.00 e. The molecule has 0 aromatic heterocycles. The Morgan fingerprint density at radius 2 is 1.94 bits per heavy atom. The smallest absolute Gasteiger partial charge is 0.518 e. The maximum atomic E-state index is 5.60. The van der Waals surface area contributed by atoms with E-state index in [-0.39, 0.29) is 37.7 Å². The van der Waals surface area contributed by atoms with Crippen molar-refractivity contribution in [2.24, 2.45) is 5.92 Å². The second-order valence-electron chi connectivity index (χ2n) is 3.46. The van der Waals surface area contributed by atoms with Crippen LogP contribution < -0.4 is 18.9 Å². The number of rotatable bonds is 6. The molecule has 1 aromatic rings. The molecule has 0 aliphatic heterocycles. The van der Waals surface area contributed by atoms with E-state index < -0.39 is 0 Å². The normalized spacial score (nSPS) is 13.6. The van der Waals surface area contributed by atoms with Crippen LogP contribution in [0.25, 0.3) is 0 Å². The van der Waals surface area contributed by atoms with E-state index in [1.54, 1.807) is 13.2 Å². The van der Waals surface area contributed by atoms with Crippen molar-refractivity contribution < 1.29 is 28.3 Å². The summed E-state index contributed by atoms with van der Waals surface area (Å²) in [5.41, 5.74) is 1.11. The molecule has 0 saturated heterocycles. The van der Waals surface area contributed by atoms with Crippen LogP contribution in [-0.2, 0) is 9.47 Å². The van der Waals surface area contributed by atoms with Crippen molar-refractivity contribution in [2.45, 2.75) is 13.0 Å². The van der Waals surface area contributed by atoms with Crippen LogP contribution in [0.5, 0.6) is 0 Å². The van der Waals surface area contributed by atoms with Crippen LogP contribution in [0.2, 0.25) is 0 Å². The van der Waals surface area contributed by atoms with Gasteiger partial charge >= 0.3 is 18.9 Å². The van der Waals surface area contributed by atoms with Crippen LogP contribution in [0.4, 0.5) is 0 Å². The molecule has 0 spiro atoms. The van der Waals surface area contributed by atoms with Crippen LogP contribution in [-0.4, -0.2) is 13.9 Å². The van der Waals surface area contributed by atoms with Gasteiger partial charge in [-0.25, -0.2) is 0 Å². The number of methoxy groups -OCH3 is 1. The fraction of sp³-hybridized carbons (Fsp3) is 0.385. The second-order valence-corrected chi connectivity index (χ2v) is 3.46. The summed E-state index contributed by atoms with van der Waals surface area (Å²) in [7, 11) is 1.61. The number of benzene rings is 1. The average Bonchev–Trinajstić information content (AvgIpc) is 2.30. The van der Waals surface area contributed by atoms with Crippen molar-refractivity contribution in [3.63, 3.8) is 0 Å². The summed E-state index contributed by atoms with van der Waals surface area (Å²) in [5.74, 6) is 0.155. The molecule has 1 aromatic carbocycles. The van der Waals surface area contributed by atoms with Gasteiger partial charge in [0.2, 0.25) is 0 Å². The summed E-state index contributed by atoms with van der Waals surface area (Å²) in [5, 5.41) is 0. The topological polar surface area (TPSA) is 18.5 Å². The number of hydrogen-bond acceptors (Lipinski definition) is 2. The molecule has 0 N–H and O–H groups in total. The SMILES string of the molecule is [CH-]=C[C@H](C)[C@@H](OCOC)c1ccccc1.[Li+]. The molecule has 82 valence electrons. The molecule has 0 saturated carbocycles. The van der Waals surface area contributed by atoms with Crippen molar-refractivity contribution in [3.05, 3.63) is 48.6 Å². The molecule has 0 bridgehead atoms. The van der Waals surface area contributed by atoms with E-state index in [1.807, 2.05) is 37.3 Å². The van der Waals surface area contributed by atoms with Crippen LogP contribution in [0.15, 0.2) is 36.4 Å². The van der Waals surface area contributed by atoms with Gasteiger partial charge < -0.3 is 16.1 Å². The van der Waals surface area contributed by atoms with Crippen molar-refractivity contribution >= 4 is 0 Å². The maximum Gasteiger partial charge on any atom is 1.00 e. The van der Waals surface area contributed by atoms with Crippen LogP contribution in [0.3, 0.4) is 0 Å². The van der Waals surface area contributed by atoms with Crippen molar-refractivity contribution in [3.8, 4) is 0 Å². The molecule has 2 nitrogen and oxygen atoms in total. The molecule has 0 fully saturated rings. The molecule has 0 aliphatic carbocycles. The second kappa shape index (κ2) is 8.61. The third-order valence-electron chi connectivity index (χ3n) is 2.27. The molecular weight excluding hydrogens is 195 g/mol. The first-order valence-corrected chi connectivity index (χ1v) is 5.00. The first-order chi connectivity index (χ1) is 7.29. The Morgan fingerprint density at radius 3 is 2.44 bits per heavy atom. The van der Waals surface area contributed by atoms with E-state index in [2.05, 4.69) is 0 Å². The van der Waals surface area contributed by atoms with Crippen molar-refractivity contribution in [1.82, 2.24) is 0 Å². The van der Waals surface area contributed by atoms with Gasteiger partial charge in [0.15, 0.2) is 0 Å². The molecule has 0 radical (unpaired) electrons. The van der Waals surface area contributed by atoms with Gasteiger partial charge in [0.1, 0.15) is 6.79 Å². The molecule has 0 aliphatic rings. The molecule has 0 heterocycles. The molecular formula is C13H17LiO2. The van der Waals surface area contributed by atoms with E-state index in [0.717, 1.165) is 5.56 Å². The van der Waals surface area contributed by atoms with Gasteiger partial charge in [-0.1, -0.05) is 37.3 Å². The monoisotopic (exact) mass is 212 g/mol. The Morgan fingerprint density at radius 1 is 1.31 bits per heavy atom. The first-order valence-electron chi connectivity index (χ1n) is 5.00. The van der Waals surface area contributed by atoms with Crippen LogP contribution in [0.1, 0.15) is 18.6 Å². The maximum absolute atomic E-state index is 5.60. The molecule has 0 unspecified atom stereocenters. The predicted molar refractivity (Wildman–Crippen MR) is 60.2 cm³/mol. The Hall–Kier alpha value is -0.523. The molecule has 1 rings (SSSR count). The Bertz CT molecular complexity index is 287. The van der Waals surface area contributed by atoms with E-state index >= 15 is 0 Å². The summed E-state index contributed by atoms with van der Waals surface area (Å²) in [6, 6.07) is 10.0. The quantitative estimate of drug-likeness (QED) is 0.375. The summed E-state index contributed by atoms with van der Waals surface area (Å²) in [4.78, 5) is 0. The third kappa shape index (κ3) is 4.55. The van der Waals surface area contributed by atoms with Gasteiger partial charge in [0, 0.05) is 7.11 Å². The summed E-state index contributed by atoms with van der Waals surface area (Å²) >= 11 is 0. The van der Waals surface area contributed by atoms with E-state index in [9.17, 15) is 0 Å². The predicted octanol–water partition coefficient (Wildman–Crippen LogP) is -0.0225. The van der Waals surface area contributed by atoms with Gasteiger partial charge in [0.05, 0.1) is 6.10 Å². The Balaban J connectivity index is 0.00000225. The minimum absolute atomic E-state index is 0. The van der Waals surface area contributed by atoms with Crippen LogP contribution in [0, 0.1) is 12.5 Å². The molecule has 0 amide bonds. The van der Waals surface area contributed by atoms with E-state index in [4.69, 9.17) is 16.1 Å². The van der Waals surface area contributed by atoms with E-state index in [0.29, 0.717) is 0 Å². The van der Waals surface area contributed by atoms with Gasteiger partial charge in [0.25, 0.3) is 0 Å². The Kier molecular flexibility index (Phi) is 8.33.